The molecule has 0 radical (unpaired) electrons. The molecule has 3 rings (SSSR count). The summed E-state index contributed by atoms with van der Waals surface area (Å²) in [5.74, 6) is -0.621. The number of nitrogens with one attached hydrogen (secondary N) is 1. The maximum atomic E-state index is 12.9. The minimum Gasteiger partial charge on any atom is -0.451 e. The summed E-state index contributed by atoms with van der Waals surface area (Å²) in [7, 11) is 0. The summed E-state index contributed by atoms with van der Waals surface area (Å²) in [6, 6.07) is 10.2. The first-order valence-corrected chi connectivity index (χ1v) is 7.31. The van der Waals surface area contributed by atoms with Crippen LogP contribution in [0.5, 0.6) is 0 Å². The van der Waals surface area contributed by atoms with E-state index in [-0.39, 0.29) is 11.4 Å². The molecule has 124 valence electrons. The third kappa shape index (κ3) is 3.10. The SMILES string of the molecule is Cc1cccc2cc(C(=O)Nc3ccc(Cl)c(C(F)(F)F)c3)oc12. The molecule has 1 amide bonds. The van der Waals surface area contributed by atoms with Gasteiger partial charge in [-0.3, -0.25) is 4.79 Å². The summed E-state index contributed by atoms with van der Waals surface area (Å²) in [6.45, 7) is 1.84. The van der Waals surface area contributed by atoms with E-state index in [1.54, 1.807) is 6.07 Å². The van der Waals surface area contributed by atoms with E-state index >= 15 is 0 Å². The molecule has 0 unspecified atom stereocenters. The number of hydrogen-bond acceptors (Lipinski definition) is 2. The molecule has 0 saturated heterocycles. The van der Waals surface area contributed by atoms with Crippen LogP contribution in [0.2, 0.25) is 5.02 Å². The molecule has 1 heterocycles. The van der Waals surface area contributed by atoms with Crippen LogP contribution < -0.4 is 5.32 Å². The Hall–Kier alpha value is -2.47. The van der Waals surface area contributed by atoms with Crippen LogP contribution >= 0.6 is 11.6 Å². The van der Waals surface area contributed by atoms with Gasteiger partial charge in [-0.05, 0) is 36.8 Å². The molecule has 1 aromatic heterocycles. The van der Waals surface area contributed by atoms with Crippen molar-refractivity contribution in [2.45, 2.75) is 13.1 Å². The lowest BCUT2D eigenvalue weighted by Crippen LogP contribution is -2.12. The fraction of sp³-hybridized carbons (Fsp3) is 0.118. The Labute approximate surface area is 140 Å². The van der Waals surface area contributed by atoms with Crippen LogP contribution in [0.1, 0.15) is 21.7 Å². The van der Waals surface area contributed by atoms with Gasteiger partial charge in [-0.1, -0.05) is 29.8 Å². The van der Waals surface area contributed by atoms with Crippen molar-refractivity contribution in [2.75, 3.05) is 5.32 Å². The molecule has 3 nitrogen and oxygen atoms in total. The van der Waals surface area contributed by atoms with E-state index in [1.807, 2.05) is 19.1 Å². The van der Waals surface area contributed by atoms with E-state index in [2.05, 4.69) is 5.32 Å². The number of furan rings is 1. The molecule has 0 spiro atoms. The largest absolute Gasteiger partial charge is 0.451 e. The van der Waals surface area contributed by atoms with Gasteiger partial charge in [0.25, 0.3) is 5.91 Å². The van der Waals surface area contributed by atoms with Crippen molar-refractivity contribution in [3.63, 3.8) is 0 Å². The smallest absolute Gasteiger partial charge is 0.417 e. The van der Waals surface area contributed by atoms with Crippen molar-refractivity contribution < 1.29 is 22.4 Å². The number of para-hydroxylation sites is 1. The maximum absolute atomic E-state index is 12.9. The zero-order chi connectivity index (χ0) is 17.5. The first kappa shape index (κ1) is 16.4. The maximum Gasteiger partial charge on any atom is 0.417 e. The van der Waals surface area contributed by atoms with Gasteiger partial charge >= 0.3 is 6.18 Å². The van der Waals surface area contributed by atoms with E-state index in [0.717, 1.165) is 23.1 Å². The highest BCUT2D eigenvalue weighted by molar-refractivity contribution is 6.31. The zero-order valence-electron chi connectivity index (χ0n) is 12.4. The Balaban J connectivity index is 1.90. The predicted molar refractivity (Wildman–Crippen MR) is 85.4 cm³/mol. The number of benzene rings is 2. The summed E-state index contributed by atoms with van der Waals surface area (Å²) < 4.78 is 44.1. The van der Waals surface area contributed by atoms with Crippen LogP contribution in [-0.2, 0) is 6.18 Å². The minimum atomic E-state index is -4.60. The molecule has 0 atom stereocenters. The first-order chi connectivity index (χ1) is 11.3. The first-order valence-electron chi connectivity index (χ1n) is 6.93. The predicted octanol–water partition coefficient (Wildman–Crippen LogP) is 5.67. The number of fused-ring (bicyclic) bond motifs is 1. The summed E-state index contributed by atoms with van der Waals surface area (Å²) in [6.07, 6.45) is -4.60. The molecule has 3 aromatic rings. The van der Waals surface area contributed by atoms with Crippen molar-refractivity contribution in [3.8, 4) is 0 Å². The quantitative estimate of drug-likeness (QED) is 0.645. The number of carbonyl (C=O) groups excluding carboxylic acids is 1. The number of aryl methyl sites for hydroxylation is 1. The van der Waals surface area contributed by atoms with Gasteiger partial charge in [-0.25, -0.2) is 0 Å². The molecular formula is C17H11ClF3NO2. The molecule has 0 bridgehead atoms. The lowest BCUT2D eigenvalue weighted by Gasteiger charge is -2.11. The normalized spacial score (nSPS) is 11.7. The van der Waals surface area contributed by atoms with Crippen LogP contribution in [0.25, 0.3) is 11.0 Å². The number of carbonyl (C=O) groups is 1. The fourth-order valence-electron chi connectivity index (χ4n) is 2.33. The Bertz CT molecular complexity index is 931. The van der Waals surface area contributed by atoms with Gasteiger partial charge < -0.3 is 9.73 Å². The van der Waals surface area contributed by atoms with Gasteiger partial charge in [0.2, 0.25) is 0 Å². The van der Waals surface area contributed by atoms with E-state index in [9.17, 15) is 18.0 Å². The highest BCUT2D eigenvalue weighted by atomic mass is 35.5. The number of rotatable bonds is 2. The molecule has 24 heavy (non-hydrogen) atoms. The van der Waals surface area contributed by atoms with E-state index < -0.39 is 22.7 Å². The molecule has 0 fully saturated rings. The van der Waals surface area contributed by atoms with Gasteiger partial charge in [0.05, 0.1) is 10.6 Å². The highest BCUT2D eigenvalue weighted by Gasteiger charge is 2.33. The third-order valence-corrected chi connectivity index (χ3v) is 3.82. The van der Waals surface area contributed by atoms with Gasteiger partial charge in [-0.15, -0.1) is 0 Å². The van der Waals surface area contributed by atoms with Gasteiger partial charge in [0, 0.05) is 11.1 Å². The van der Waals surface area contributed by atoms with Crippen LogP contribution in [0.3, 0.4) is 0 Å². The van der Waals surface area contributed by atoms with Crippen molar-refractivity contribution in [3.05, 3.63) is 64.4 Å². The van der Waals surface area contributed by atoms with Crippen LogP contribution in [0.4, 0.5) is 18.9 Å². The van der Waals surface area contributed by atoms with E-state index in [0.29, 0.717) is 5.58 Å². The Morgan fingerprint density at radius 2 is 1.92 bits per heavy atom. The second kappa shape index (κ2) is 5.87. The lowest BCUT2D eigenvalue weighted by molar-refractivity contribution is -0.137. The van der Waals surface area contributed by atoms with Crippen LogP contribution in [-0.4, -0.2) is 5.91 Å². The third-order valence-electron chi connectivity index (χ3n) is 3.49. The Kier molecular flexibility index (Phi) is 4.01. The number of hydrogen-bond donors (Lipinski definition) is 1. The second-order valence-corrected chi connectivity index (χ2v) is 5.66. The van der Waals surface area contributed by atoms with Crippen LogP contribution in [0, 0.1) is 6.92 Å². The molecular weight excluding hydrogens is 343 g/mol. The molecule has 0 aliphatic heterocycles. The molecule has 0 aliphatic carbocycles. The number of alkyl halides is 3. The number of anilines is 1. The zero-order valence-corrected chi connectivity index (χ0v) is 13.1. The average Bonchev–Trinajstić information content (AvgIpc) is 2.94. The van der Waals surface area contributed by atoms with Crippen molar-refractivity contribution >= 4 is 34.2 Å². The summed E-state index contributed by atoms with van der Waals surface area (Å²) in [4.78, 5) is 12.2. The van der Waals surface area contributed by atoms with Gasteiger partial charge in [0.15, 0.2) is 5.76 Å². The molecule has 0 saturated carbocycles. The summed E-state index contributed by atoms with van der Waals surface area (Å²) in [5.41, 5.74) is 0.392. The minimum absolute atomic E-state index is 0.0165. The summed E-state index contributed by atoms with van der Waals surface area (Å²) in [5, 5.41) is 2.70. The Morgan fingerprint density at radius 3 is 2.58 bits per heavy atom. The molecule has 1 N–H and O–H groups in total. The fourth-order valence-corrected chi connectivity index (χ4v) is 2.56. The topological polar surface area (TPSA) is 42.2 Å². The molecule has 7 heteroatoms. The summed E-state index contributed by atoms with van der Waals surface area (Å²) >= 11 is 5.55. The second-order valence-electron chi connectivity index (χ2n) is 5.25. The van der Waals surface area contributed by atoms with Crippen molar-refractivity contribution in [1.82, 2.24) is 0 Å². The van der Waals surface area contributed by atoms with Gasteiger partial charge in [-0.2, -0.15) is 13.2 Å². The number of amides is 1. The van der Waals surface area contributed by atoms with E-state index in [1.165, 1.54) is 12.1 Å². The Morgan fingerprint density at radius 1 is 1.17 bits per heavy atom. The average molecular weight is 354 g/mol. The van der Waals surface area contributed by atoms with Crippen molar-refractivity contribution in [1.29, 1.82) is 0 Å². The molecule has 0 aliphatic rings. The van der Waals surface area contributed by atoms with Crippen molar-refractivity contribution in [2.24, 2.45) is 0 Å². The lowest BCUT2D eigenvalue weighted by atomic mass is 10.2. The van der Waals surface area contributed by atoms with Crippen LogP contribution in [0.15, 0.2) is 46.9 Å². The standard InChI is InChI=1S/C17H11ClF3NO2/c1-9-3-2-4-10-7-14(24-15(9)10)16(23)22-11-5-6-13(18)12(8-11)17(19,20)21/h2-8H,1H3,(H,22,23). The van der Waals surface area contributed by atoms with E-state index in [4.69, 9.17) is 16.0 Å². The van der Waals surface area contributed by atoms with Gasteiger partial charge in [0.1, 0.15) is 5.58 Å². The monoisotopic (exact) mass is 353 g/mol. The number of halogens is 4. The highest BCUT2D eigenvalue weighted by Crippen LogP contribution is 2.36. The molecule has 2 aromatic carbocycles.